The second-order valence-electron chi connectivity index (χ2n) is 6.53. The molecule has 2 aromatic rings. The Morgan fingerprint density at radius 2 is 1.75 bits per heavy atom. The molecule has 2 aromatic carbocycles. The Labute approximate surface area is 162 Å². The zero-order chi connectivity index (χ0) is 20.3. The number of para-hydroxylation sites is 1. The molecule has 1 atom stereocenters. The van der Waals surface area contributed by atoms with Crippen LogP contribution in [0.15, 0.2) is 60.2 Å². The van der Waals surface area contributed by atoms with Gasteiger partial charge in [0.25, 0.3) is 17.4 Å². The summed E-state index contributed by atoms with van der Waals surface area (Å²) in [6.07, 6.45) is 1.42. The molecular weight excluding hydrogens is 360 g/mol. The van der Waals surface area contributed by atoms with E-state index >= 15 is 0 Å². The maximum absolute atomic E-state index is 12.8. The monoisotopic (exact) mass is 380 g/mol. The average molecular weight is 380 g/mol. The maximum Gasteiger partial charge on any atom is 0.295 e. The summed E-state index contributed by atoms with van der Waals surface area (Å²) in [6, 6.07) is 13.4. The van der Waals surface area contributed by atoms with Crippen LogP contribution in [0, 0.1) is 10.1 Å². The predicted molar refractivity (Wildman–Crippen MR) is 103 cm³/mol. The second-order valence-corrected chi connectivity index (χ2v) is 6.53. The van der Waals surface area contributed by atoms with Gasteiger partial charge < -0.3 is 10.0 Å². The van der Waals surface area contributed by atoms with Gasteiger partial charge in [-0.05, 0) is 12.5 Å². The number of hydrogen-bond acceptors (Lipinski definition) is 5. The first kappa shape index (κ1) is 19.3. The van der Waals surface area contributed by atoms with Crippen molar-refractivity contribution < 1.29 is 19.6 Å². The fraction of sp³-hybridized carbons (Fsp3) is 0.238. The van der Waals surface area contributed by atoms with E-state index in [1.165, 1.54) is 23.1 Å². The largest absolute Gasteiger partial charge is 0.507 e. The molecule has 0 aromatic heterocycles. The summed E-state index contributed by atoms with van der Waals surface area (Å²) in [4.78, 5) is 37.8. The number of ketones is 1. The highest BCUT2D eigenvalue weighted by molar-refractivity contribution is 6.46. The number of aliphatic hydroxyl groups is 1. The molecule has 3 rings (SSSR count). The van der Waals surface area contributed by atoms with Crippen molar-refractivity contribution in [1.82, 2.24) is 4.90 Å². The number of likely N-dealkylation sites (tertiary alicyclic amines) is 1. The van der Waals surface area contributed by atoms with Gasteiger partial charge in [0.05, 0.1) is 22.1 Å². The summed E-state index contributed by atoms with van der Waals surface area (Å²) in [7, 11) is 0. The van der Waals surface area contributed by atoms with Gasteiger partial charge in [-0.2, -0.15) is 0 Å². The Balaban J connectivity index is 2.24. The quantitative estimate of drug-likeness (QED) is 0.270. The van der Waals surface area contributed by atoms with Gasteiger partial charge >= 0.3 is 0 Å². The van der Waals surface area contributed by atoms with E-state index in [0.717, 1.165) is 6.42 Å². The smallest absolute Gasteiger partial charge is 0.295 e. The molecule has 1 N–H and O–H groups in total. The summed E-state index contributed by atoms with van der Waals surface area (Å²) < 4.78 is 0. The Kier molecular flexibility index (Phi) is 5.54. The molecule has 1 aliphatic rings. The van der Waals surface area contributed by atoms with Crippen LogP contribution < -0.4 is 0 Å². The highest BCUT2D eigenvalue weighted by Gasteiger charge is 2.47. The van der Waals surface area contributed by atoms with Crippen LogP contribution in [0.5, 0.6) is 0 Å². The highest BCUT2D eigenvalue weighted by Crippen LogP contribution is 2.42. The SMILES string of the molecule is CCCCN1C(=O)C(=O)/C(=C(\O)c2ccccc2)C1c1ccccc1[N+](=O)[O-]. The predicted octanol–water partition coefficient (Wildman–Crippen LogP) is 3.82. The molecule has 1 heterocycles. The molecule has 28 heavy (non-hydrogen) atoms. The van der Waals surface area contributed by atoms with E-state index in [0.29, 0.717) is 12.0 Å². The van der Waals surface area contributed by atoms with E-state index in [9.17, 15) is 24.8 Å². The van der Waals surface area contributed by atoms with Crippen molar-refractivity contribution in [3.05, 3.63) is 81.4 Å². The van der Waals surface area contributed by atoms with Crippen LogP contribution in [-0.2, 0) is 9.59 Å². The van der Waals surface area contributed by atoms with Gasteiger partial charge in [-0.25, -0.2) is 0 Å². The van der Waals surface area contributed by atoms with Crippen molar-refractivity contribution in [3.8, 4) is 0 Å². The van der Waals surface area contributed by atoms with Gasteiger partial charge in [-0.3, -0.25) is 19.7 Å². The van der Waals surface area contributed by atoms with Crippen LogP contribution in [0.2, 0.25) is 0 Å². The van der Waals surface area contributed by atoms with Crippen LogP contribution in [0.1, 0.15) is 36.9 Å². The number of nitro groups is 1. The summed E-state index contributed by atoms with van der Waals surface area (Å²) in [5.74, 6) is -1.92. The lowest BCUT2D eigenvalue weighted by atomic mass is 9.94. The molecule has 0 bridgehead atoms. The lowest BCUT2D eigenvalue weighted by Gasteiger charge is -2.25. The van der Waals surface area contributed by atoms with Crippen molar-refractivity contribution in [2.45, 2.75) is 25.8 Å². The van der Waals surface area contributed by atoms with Gasteiger partial charge in [-0.1, -0.05) is 55.8 Å². The molecule has 1 amide bonds. The zero-order valence-electron chi connectivity index (χ0n) is 15.4. The fourth-order valence-corrected chi connectivity index (χ4v) is 3.40. The number of benzene rings is 2. The molecule has 7 nitrogen and oxygen atoms in total. The lowest BCUT2D eigenvalue weighted by Crippen LogP contribution is -2.30. The Morgan fingerprint density at radius 1 is 1.11 bits per heavy atom. The minimum atomic E-state index is -1.01. The molecule has 1 saturated heterocycles. The summed E-state index contributed by atoms with van der Waals surface area (Å²) in [5.41, 5.74) is 0.260. The Morgan fingerprint density at radius 3 is 2.39 bits per heavy atom. The summed E-state index contributed by atoms with van der Waals surface area (Å²) in [6.45, 7) is 2.21. The van der Waals surface area contributed by atoms with E-state index in [1.54, 1.807) is 36.4 Å². The minimum absolute atomic E-state index is 0.124. The number of hydrogen-bond donors (Lipinski definition) is 1. The van der Waals surface area contributed by atoms with Crippen LogP contribution >= 0.6 is 0 Å². The van der Waals surface area contributed by atoms with Crippen molar-refractivity contribution in [3.63, 3.8) is 0 Å². The van der Waals surface area contributed by atoms with E-state index in [4.69, 9.17) is 0 Å². The first-order chi connectivity index (χ1) is 13.5. The highest BCUT2D eigenvalue weighted by atomic mass is 16.6. The summed E-state index contributed by atoms with van der Waals surface area (Å²) in [5, 5.41) is 22.4. The molecule has 1 aliphatic heterocycles. The van der Waals surface area contributed by atoms with Gasteiger partial charge in [0.15, 0.2) is 0 Å². The number of carbonyl (C=O) groups is 2. The van der Waals surface area contributed by atoms with E-state index in [1.807, 2.05) is 6.92 Å². The topological polar surface area (TPSA) is 101 Å². The molecule has 1 fully saturated rings. The van der Waals surface area contributed by atoms with E-state index in [-0.39, 0.29) is 29.1 Å². The van der Waals surface area contributed by atoms with Crippen LogP contribution in [-0.4, -0.2) is 33.2 Å². The third-order valence-corrected chi connectivity index (χ3v) is 4.77. The third-order valence-electron chi connectivity index (χ3n) is 4.77. The molecule has 7 heteroatoms. The summed E-state index contributed by atoms with van der Waals surface area (Å²) >= 11 is 0. The fourth-order valence-electron chi connectivity index (χ4n) is 3.40. The lowest BCUT2D eigenvalue weighted by molar-refractivity contribution is -0.385. The van der Waals surface area contributed by atoms with Crippen molar-refractivity contribution in [2.24, 2.45) is 0 Å². The normalized spacial score (nSPS) is 18.5. The number of rotatable bonds is 6. The van der Waals surface area contributed by atoms with Crippen molar-refractivity contribution >= 4 is 23.1 Å². The molecule has 0 radical (unpaired) electrons. The molecular formula is C21H20N2O5. The number of nitro benzene ring substituents is 1. The first-order valence-electron chi connectivity index (χ1n) is 9.04. The zero-order valence-corrected chi connectivity index (χ0v) is 15.4. The number of carbonyl (C=O) groups excluding carboxylic acids is 2. The molecule has 0 aliphatic carbocycles. The number of nitrogens with zero attached hydrogens (tertiary/aromatic N) is 2. The molecule has 1 unspecified atom stereocenters. The third kappa shape index (κ3) is 3.38. The van der Waals surface area contributed by atoms with Crippen molar-refractivity contribution in [2.75, 3.05) is 6.54 Å². The molecule has 144 valence electrons. The molecule has 0 saturated carbocycles. The number of unbranched alkanes of at least 4 members (excludes halogenated alkanes) is 1. The van der Waals surface area contributed by atoms with Crippen molar-refractivity contribution in [1.29, 1.82) is 0 Å². The van der Waals surface area contributed by atoms with Gasteiger partial charge in [0.1, 0.15) is 5.76 Å². The average Bonchev–Trinajstić information content (AvgIpc) is 2.96. The van der Waals surface area contributed by atoms with E-state index < -0.39 is 22.7 Å². The number of Topliss-reactive ketones (excluding diaryl/α,β-unsaturated/α-hetero) is 1. The Bertz CT molecular complexity index is 952. The van der Waals surface area contributed by atoms with Gasteiger partial charge in [0, 0.05) is 18.2 Å². The van der Waals surface area contributed by atoms with Crippen LogP contribution in [0.4, 0.5) is 5.69 Å². The number of aliphatic hydroxyl groups excluding tert-OH is 1. The van der Waals surface area contributed by atoms with Gasteiger partial charge in [-0.15, -0.1) is 0 Å². The standard InChI is InChI=1S/C21H20N2O5/c1-2-3-13-22-18(15-11-7-8-12-16(15)23(27)28)17(20(25)21(22)26)19(24)14-9-5-4-6-10-14/h4-12,18,24H,2-3,13H2,1H3/b19-17-. The number of amides is 1. The first-order valence-corrected chi connectivity index (χ1v) is 9.04. The van der Waals surface area contributed by atoms with Crippen LogP contribution in [0.25, 0.3) is 5.76 Å². The molecule has 0 spiro atoms. The minimum Gasteiger partial charge on any atom is -0.507 e. The van der Waals surface area contributed by atoms with Gasteiger partial charge in [0.2, 0.25) is 0 Å². The Hall–Kier alpha value is -3.48. The van der Waals surface area contributed by atoms with E-state index in [2.05, 4.69) is 0 Å². The van der Waals surface area contributed by atoms with Crippen LogP contribution in [0.3, 0.4) is 0 Å². The maximum atomic E-state index is 12.8. The second kappa shape index (κ2) is 8.04.